The normalized spacial score (nSPS) is 20.2. The van der Waals surface area contributed by atoms with Crippen LogP contribution in [-0.2, 0) is 22.5 Å². The number of β-amino-alcohol motifs (C(OH)–C–C–N with tert-alkyl or cyclic N) is 1. The van der Waals surface area contributed by atoms with Crippen LogP contribution >= 0.6 is 0 Å². The Morgan fingerprint density at radius 1 is 1.42 bits per heavy atom. The molecule has 6 heteroatoms. The van der Waals surface area contributed by atoms with Crippen molar-refractivity contribution in [3.05, 3.63) is 35.9 Å². The van der Waals surface area contributed by atoms with Crippen molar-refractivity contribution in [3.8, 4) is 11.5 Å². The highest BCUT2D eigenvalue weighted by molar-refractivity contribution is 5.76. The lowest BCUT2D eigenvalue weighted by Gasteiger charge is -2.24. The number of ether oxygens (including phenoxy) is 3. The fraction of sp³-hybridized carbons (Fsp3) is 0.550. The number of esters is 1. The Morgan fingerprint density at radius 3 is 2.73 bits per heavy atom. The van der Waals surface area contributed by atoms with Gasteiger partial charge < -0.3 is 19.3 Å². The molecule has 26 heavy (non-hydrogen) atoms. The van der Waals surface area contributed by atoms with Crippen LogP contribution in [0, 0.1) is 0 Å². The van der Waals surface area contributed by atoms with E-state index in [1.807, 2.05) is 37.0 Å². The van der Waals surface area contributed by atoms with Gasteiger partial charge >= 0.3 is 5.97 Å². The van der Waals surface area contributed by atoms with E-state index in [2.05, 4.69) is 6.58 Å². The van der Waals surface area contributed by atoms with E-state index < -0.39 is 12.1 Å². The number of hydrogen-bond donors (Lipinski definition) is 1. The van der Waals surface area contributed by atoms with Crippen LogP contribution in [0.3, 0.4) is 0 Å². The minimum absolute atomic E-state index is 0.0238. The van der Waals surface area contributed by atoms with Crippen molar-refractivity contribution < 1.29 is 24.1 Å². The lowest BCUT2D eigenvalue weighted by atomic mass is 10.0. The van der Waals surface area contributed by atoms with E-state index in [9.17, 15) is 9.90 Å². The van der Waals surface area contributed by atoms with Crippen molar-refractivity contribution in [2.75, 3.05) is 20.8 Å². The summed E-state index contributed by atoms with van der Waals surface area (Å²) in [6.45, 7) is 8.71. The van der Waals surface area contributed by atoms with Crippen molar-refractivity contribution in [1.29, 1.82) is 0 Å². The van der Waals surface area contributed by atoms with Gasteiger partial charge in [-0.2, -0.15) is 0 Å². The Bertz CT molecular complexity index is 643. The molecule has 1 heterocycles. The quantitative estimate of drug-likeness (QED) is 0.565. The summed E-state index contributed by atoms with van der Waals surface area (Å²) >= 11 is 0. The molecule has 1 aromatic rings. The number of carbonyl (C=O) groups excluding carboxylic acids is 1. The predicted octanol–water partition coefficient (Wildman–Crippen LogP) is 2.32. The molecule has 1 aromatic carbocycles. The molecule has 0 aliphatic carbocycles. The molecule has 1 aliphatic heterocycles. The van der Waals surface area contributed by atoms with Gasteiger partial charge in [0.05, 0.1) is 26.4 Å². The molecule has 1 fully saturated rings. The Labute approximate surface area is 155 Å². The van der Waals surface area contributed by atoms with E-state index in [4.69, 9.17) is 14.2 Å². The first kappa shape index (κ1) is 20.3. The zero-order chi connectivity index (χ0) is 19.3. The van der Waals surface area contributed by atoms with Gasteiger partial charge in [0.1, 0.15) is 6.04 Å². The lowest BCUT2D eigenvalue weighted by Crippen LogP contribution is -2.36. The topological polar surface area (TPSA) is 68.2 Å². The number of allylic oxidation sites excluding steroid dienone is 1. The number of likely N-dealkylation sites (tertiary alicyclic amines) is 1. The molecule has 0 radical (unpaired) electrons. The Morgan fingerprint density at radius 2 is 2.15 bits per heavy atom. The molecular formula is C20H29NO5. The van der Waals surface area contributed by atoms with Crippen LogP contribution in [0.1, 0.15) is 31.4 Å². The van der Waals surface area contributed by atoms with Crippen molar-refractivity contribution in [2.45, 2.75) is 51.5 Å². The third-order valence-electron chi connectivity index (χ3n) is 4.37. The number of nitrogens with zero attached hydrogens (tertiary/aromatic N) is 1. The van der Waals surface area contributed by atoms with Gasteiger partial charge in [-0.05, 0) is 31.9 Å². The Balaban J connectivity index is 2.32. The van der Waals surface area contributed by atoms with Crippen molar-refractivity contribution in [2.24, 2.45) is 0 Å². The number of carbonyl (C=O) groups is 1. The Hall–Kier alpha value is -2.05. The first-order chi connectivity index (χ1) is 12.4. The van der Waals surface area contributed by atoms with Crippen LogP contribution in [0.2, 0.25) is 0 Å². The van der Waals surface area contributed by atoms with Crippen molar-refractivity contribution in [1.82, 2.24) is 4.90 Å². The molecule has 1 saturated heterocycles. The van der Waals surface area contributed by atoms with Gasteiger partial charge in [-0.15, -0.1) is 6.58 Å². The second-order valence-electron chi connectivity index (χ2n) is 6.80. The second kappa shape index (κ2) is 9.05. The summed E-state index contributed by atoms with van der Waals surface area (Å²) in [5.74, 6) is 1.05. The number of methoxy groups -OCH3 is 2. The molecule has 2 rings (SSSR count). The monoisotopic (exact) mass is 363 g/mol. The summed E-state index contributed by atoms with van der Waals surface area (Å²) < 4.78 is 16.3. The molecule has 0 amide bonds. The first-order valence-electron chi connectivity index (χ1n) is 8.86. The van der Waals surface area contributed by atoms with E-state index in [1.54, 1.807) is 7.11 Å². The van der Waals surface area contributed by atoms with Crippen LogP contribution in [-0.4, -0.2) is 55.0 Å². The lowest BCUT2D eigenvalue weighted by molar-refractivity contribution is -0.146. The highest BCUT2D eigenvalue weighted by Gasteiger charge is 2.36. The van der Waals surface area contributed by atoms with Crippen LogP contribution in [0.5, 0.6) is 11.5 Å². The van der Waals surface area contributed by atoms with Crippen molar-refractivity contribution in [3.63, 3.8) is 0 Å². The van der Waals surface area contributed by atoms with Crippen molar-refractivity contribution >= 4 is 5.97 Å². The predicted molar refractivity (Wildman–Crippen MR) is 99.5 cm³/mol. The fourth-order valence-corrected chi connectivity index (χ4v) is 3.31. The zero-order valence-electron chi connectivity index (χ0n) is 16.0. The number of rotatable bonds is 8. The summed E-state index contributed by atoms with van der Waals surface area (Å²) in [4.78, 5) is 13.9. The van der Waals surface area contributed by atoms with Crippen LogP contribution in [0.25, 0.3) is 0 Å². The zero-order valence-corrected chi connectivity index (χ0v) is 16.0. The van der Waals surface area contributed by atoms with Gasteiger partial charge in [-0.1, -0.05) is 12.1 Å². The summed E-state index contributed by atoms with van der Waals surface area (Å²) in [6.07, 6.45) is 2.35. The summed E-state index contributed by atoms with van der Waals surface area (Å²) in [5.41, 5.74) is 1.97. The number of aliphatic hydroxyl groups excluding tert-OH is 1. The summed E-state index contributed by atoms with van der Waals surface area (Å²) in [6, 6.07) is 3.53. The molecule has 0 aromatic heterocycles. The SMILES string of the molecule is C=CCc1cc(CN2C[C@@H](O)C[C@@H]2C(=O)OC)cc(OC)c1OC(C)C. The smallest absolute Gasteiger partial charge is 0.323 e. The Kier molecular flexibility index (Phi) is 7.06. The minimum atomic E-state index is -0.530. The summed E-state index contributed by atoms with van der Waals surface area (Å²) in [7, 11) is 2.98. The molecule has 0 unspecified atom stereocenters. The summed E-state index contributed by atoms with van der Waals surface area (Å²) in [5, 5.41) is 9.97. The maximum Gasteiger partial charge on any atom is 0.323 e. The van der Waals surface area contributed by atoms with Gasteiger partial charge in [0.2, 0.25) is 0 Å². The van der Waals surface area contributed by atoms with E-state index in [0.29, 0.717) is 31.7 Å². The third-order valence-corrected chi connectivity index (χ3v) is 4.37. The molecular weight excluding hydrogens is 334 g/mol. The van der Waals surface area contributed by atoms with Gasteiger partial charge in [0.25, 0.3) is 0 Å². The van der Waals surface area contributed by atoms with Gasteiger partial charge in [-0.25, -0.2) is 0 Å². The van der Waals surface area contributed by atoms with E-state index in [-0.39, 0.29) is 12.1 Å². The molecule has 0 spiro atoms. The maximum atomic E-state index is 12.0. The molecule has 0 saturated carbocycles. The highest BCUT2D eigenvalue weighted by Crippen LogP contribution is 2.35. The van der Waals surface area contributed by atoms with Gasteiger partial charge in [0.15, 0.2) is 11.5 Å². The molecule has 144 valence electrons. The van der Waals surface area contributed by atoms with Gasteiger partial charge in [-0.3, -0.25) is 9.69 Å². The number of benzene rings is 1. The maximum absolute atomic E-state index is 12.0. The largest absolute Gasteiger partial charge is 0.493 e. The van der Waals surface area contributed by atoms with E-state index in [1.165, 1.54) is 7.11 Å². The van der Waals surface area contributed by atoms with Crippen LogP contribution < -0.4 is 9.47 Å². The van der Waals surface area contributed by atoms with Crippen LogP contribution in [0.15, 0.2) is 24.8 Å². The second-order valence-corrected chi connectivity index (χ2v) is 6.80. The fourth-order valence-electron chi connectivity index (χ4n) is 3.31. The molecule has 6 nitrogen and oxygen atoms in total. The molecule has 1 N–H and O–H groups in total. The third kappa shape index (κ3) is 4.77. The van der Waals surface area contributed by atoms with E-state index in [0.717, 1.165) is 16.9 Å². The number of aliphatic hydroxyl groups is 1. The minimum Gasteiger partial charge on any atom is -0.493 e. The standard InChI is InChI=1S/C20H29NO5/c1-6-7-15-8-14(9-18(24-4)19(15)26-13(2)3)11-21-12-16(22)10-17(21)20(23)25-5/h6,8-9,13,16-17,22H,1,7,10-12H2,2-5H3/t16-,17+/m0/s1. The average molecular weight is 363 g/mol. The van der Waals surface area contributed by atoms with Crippen LogP contribution in [0.4, 0.5) is 0 Å². The molecule has 1 aliphatic rings. The van der Waals surface area contributed by atoms with Gasteiger partial charge in [0, 0.05) is 25.1 Å². The first-order valence-corrected chi connectivity index (χ1v) is 8.86. The van der Waals surface area contributed by atoms with E-state index >= 15 is 0 Å². The molecule has 2 atom stereocenters. The highest BCUT2D eigenvalue weighted by atomic mass is 16.5. The number of hydrogen-bond acceptors (Lipinski definition) is 6. The average Bonchev–Trinajstić information content (AvgIpc) is 2.96. The molecule has 0 bridgehead atoms.